The Labute approximate surface area is 136 Å². The number of aromatic amines is 1. The molecule has 0 saturated carbocycles. The van der Waals surface area contributed by atoms with E-state index in [1.54, 1.807) is 14.9 Å². The largest absolute Gasteiger partial charge is 0.468 e. The number of aromatic nitrogens is 1. The van der Waals surface area contributed by atoms with Crippen LogP contribution in [0.2, 0.25) is 0 Å². The summed E-state index contributed by atoms with van der Waals surface area (Å²) in [5, 5.41) is 0. The topological polar surface area (TPSA) is 69.6 Å². The Bertz CT molecular complexity index is 681. The van der Waals surface area contributed by atoms with Gasteiger partial charge in [0.05, 0.1) is 18.3 Å². The van der Waals surface area contributed by atoms with Crippen LogP contribution in [0.5, 0.6) is 0 Å². The Balaban J connectivity index is 1.64. The lowest BCUT2D eigenvalue weighted by molar-refractivity contribution is 0.293. The molecule has 124 valence electrons. The highest BCUT2D eigenvalue weighted by atomic mass is 32.2. The van der Waals surface area contributed by atoms with Crippen molar-refractivity contribution in [2.24, 2.45) is 0 Å². The molecular weight excluding hydrogens is 314 g/mol. The molecule has 0 spiro atoms. The van der Waals surface area contributed by atoms with Crippen molar-refractivity contribution in [3.8, 4) is 0 Å². The fraction of sp³-hybridized carbons (Fsp3) is 0.500. The molecule has 2 fully saturated rings. The van der Waals surface area contributed by atoms with E-state index in [4.69, 9.17) is 4.42 Å². The van der Waals surface area contributed by atoms with Crippen LogP contribution in [0.25, 0.3) is 0 Å². The molecule has 1 N–H and O–H groups in total. The van der Waals surface area contributed by atoms with Crippen LogP contribution in [0.4, 0.5) is 0 Å². The summed E-state index contributed by atoms with van der Waals surface area (Å²) in [5.74, 6) is 0.738. The Morgan fingerprint density at radius 2 is 1.78 bits per heavy atom. The average Bonchev–Trinajstić information content (AvgIpc) is 3.35. The normalized spacial score (nSPS) is 27.0. The van der Waals surface area contributed by atoms with Gasteiger partial charge < -0.3 is 9.40 Å². The molecule has 2 aromatic heterocycles. The number of rotatable bonds is 4. The van der Waals surface area contributed by atoms with Gasteiger partial charge in [0.25, 0.3) is 10.2 Å². The van der Waals surface area contributed by atoms with Crippen molar-refractivity contribution in [1.82, 2.24) is 13.6 Å². The van der Waals surface area contributed by atoms with Gasteiger partial charge in [-0.25, -0.2) is 0 Å². The molecule has 4 heterocycles. The average molecular weight is 335 g/mol. The first-order valence-corrected chi connectivity index (χ1v) is 9.53. The van der Waals surface area contributed by atoms with Gasteiger partial charge >= 0.3 is 0 Å². The first-order valence-electron chi connectivity index (χ1n) is 8.13. The molecule has 0 unspecified atom stereocenters. The van der Waals surface area contributed by atoms with Crippen LogP contribution < -0.4 is 0 Å². The predicted octanol–water partition coefficient (Wildman–Crippen LogP) is 2.83. The molecule has 0 amide bonds. The monoisotopic (exact) mass is 335 g/mol. The maximum absolute atomic E-state index is 13.2. The van der Waals surface area contributed by atoms with Crippen molar-refractivity contribution in [3.63, 3.8) is 0 Å². The van der Waals surface area contributed by atoms with E-state index in [0.29, 0.717) is 13.1 Å². The molecule has 0 aromatic carbocycles. The molecule has 2 aliphatic rings. The highest BCUT2D eigenvalue weighted by Crippen LogP contribution is 2.40. The lowest BCUT2D eigenvalue weighted by Crippen LogP contribution is -2.43. The number of nitrogens with one attached hydrogen (secondary N) is 1. The van der Waals surface area contributed by atoms with Crippen LogP contribution in [-0.4, -0.2) is 35.1 Å². The lowest BCUT2D eigenvalue weighted by atomic mass is 10.2. The van der Waals surface area contributed by atoms with E-state index in [1.165, 1.54) is 0 Å². The first kappa shape index (κ1) is 15.0. The number of furan rings is 1. The molecule has 23 heavy (non-hydrogen) atoms. The van der Waals surface area contributed by atoms with Gasteiger partial charge in [0.15, 0.2) is 0 Å². The summed E-state index contributed by atoms with van der Waals surface area (Å²) in [7, 11) is -3.50. The maximum Gasteiger partial charge on any atom is 0.283 e. The van der Waals surface area contributed by atoms with Crippen molar-refractivity contribution in [2.45, 2.75) is 37.8 Å². The van der Waals surface area contributed by atoms with E-state index in [1.807, 2.05) is 30.5 Å². The summed E-state index contributed by atoms with van der Waals surface area (Å²) in [6.45, 7) is 1.13. The minimum absolute atomic E-state index is 0.0900. The van der Waals surface area contributed by atoms with Crippen LogP contribution in [0.3, 0.4) is 0 Å². The van der Waals surface area contributed by atoms with Gasteiger partial charge in [-0.2, -0.15) is 17.0 Å². The summed E-state index contributed by atoms with van der Waals surface area (Å²) in [6, 6.07) is 7.29. The summed E-state index contributed by atoms with van der Waals surface area (Å²) in [5.41, 5.74) is 0.972. The minimum atomic E-state index is -3.50. The van der Waals surface area contributed by atoms with E-state index < -0.39 is 10.2 Å². The Kier molecular flexibility index (Phi) is 3.79. The van der Waals surface area contributed by atoms with Gasteiger partial charge in [-0.1, -0.05) is 0 Å². The molecular formula is C16H21N3O3S. The van der Waals surface area contributed by atoms with E-state index in [2.05, 4.69) is 4.98 Å². The van der Waals surface area contributed by atoms with Gasteiger partial charge in [-0.15, -0.1) is 0 Å². The molecule has 0 bridgehead atoms. The minimum Gasteiger partial charge on any atom is -0.468 e. The number of nitrogens with zero attached hydrogens (tertiary/aromatic N) is 2. The molecule has 2 atom stereocenters. The third-order valence-electron chi connectivity index (χ3n) is 4.85. The van der Waals surface area contributed by atoms with Crippen LogP contribution in [0.1, 0.15) is 49.2 Å². The zero-order valence-electron chi connectivity index (χ0n) is 12.9. The van der Waals surface area contributed by atoms with Crippen molar-refractivity contribution >= 4 is 10.2 Å². The highest BCUT2D eigenvalue weighted by Gasteiger charge is 2.44. The van der Waals surface area contributed by atoms with Crippen LogP contribution in [0.15, 0.2) is 41.1 Å². The quantitative estimate of drug-likeness (QED) is 0.934. The van der Waals surface area contributed by atoms with E-state index in [9.17, 15) is 8.42 Å². The molecule has 6 nitrogen and oxygen atoms in total. The van der Waals surface area contributed by atoms with Gasteiger partial charge in [0.1, 0.15) is 5.76 Å². The number of H-pyrrole nitrogens is 1. The molecule has 2 aliphatic heterocycles. The van der Waals surface area contributed by atoms with E-state index in [-0.39, 0.29) is 12.1 Å². The summed E-state index contributed by atoms with van der Waals surface area (Å²) in [6.07, 6.45) is 6.89. The lowest BCUT2D eigenvalue weighted by Gasteiger charge is -2.31. The number of hydrogen-bond acceptors (Lipinski definition) is 3. The summed E-state index contributed by atoms with van der Waals surface area (Å²) in [4.78, 5) is 3.17. The van der Waals surface area contributed by atoms with Gasteiger partial charge in [-0.05, 0) is 49.9 Å². The summed E-state index contributed by atoms with van der Waals surface area (Å²) >= 11 is 0. The van der Waals surface area contributed by atoms with Gasteiger partial charge in [-0.3, -0.25) is 0 Å². The fourth-order valence-corrected chi connectivity index (χ4v) is 5.86. The molecule has 2 aromatic rings. The van der Waals surface area contributed by atoms with Crippen molar-refractivity contribution < 1.29 is 12.8 Å². The Morgan fingerprint density at radius 3 is 2.43 bits per heavy atom. The molecule has 7 heteroatoms. The smallest absolute Gasteiger partial charge is 0.283 e. The zero-order chi connectivity index (χ0) is 15.9. The first-order chi connectivity index (χ1) is 11.2. The SMILES string of the molecule is O=S(=O)(N1CCC[C@@H]1c1ccc[nH]1)N1CCC[C@@H]1c1ccco1. The summed E-state index contributed by atoms with van der Waals surface area (Å²) < 4.78 is 35.2. The maximum atomic E-state index is 13.2. The van der Waals surface area contributed by atoms with Gasteiger partial charge in [0, 0.05) is 25.0 Å². The Morgan fingerprint density at radius 1 is 1.04 bits per heavy atom. The molecule has 0 radical (unpaired) electrons. The zero-order valence-corrected chi connectivity index (χ0v) is 13.7. The van der Waals surface area contributed by atoms with E-state index in [0.717, 1.165) is 37.1 Å². The van der Waals surface area contributed by atoms with Crippen molar-refractivity contribution in [3.05, 3.63) is 48.2 Å². The third kappa shape index (κ3) is 2.52. The highest BCUT2D eigenvalue weighted by molar-refractivity contribution is 7.86. The third-order valence-corrected chi connectivity index (χ3v) is 6.91. The Hall–Kier alpha value is -1.57. The molecule has 4 rings (SSSR count). The van der Waals surface area contributed by atoms with E-state index >= 15 is 0 Å². The van der Waals surface area contributed by atoms with Crippen molar-refractivity contribution in [1.29, 1.82) is 0 Å². The fourth-order valence-electron chi connectivity index (χ4n) is 3.79. The van der Waals surface area contributed by atoms with Crippen LogP contribution in [0, 0.1) is 0 Å². The van der Waals surface area contributed by atoms with Crippen molar-refractivity contribution in [2.75, 3.05) is 13.1 Å². The second-order valence-electron chi connectivity index (χ2n) is 6.19. The van der Waals surface area contributed by atoms with Crippen LogP contribution >= 0.6 is 0 Å². The second-order valence-corrected chi connectivity index (χ2v) is 8.02. The number of hydrogen-bond donors (Lipinski definition) is 1. The second kappa shape index (κ2) is 5.81. The van der Waals surface area contributed by atoms with Crippen LogP contribution in [-0.2, 0) is 10.2 Å². The standard InChI is InChI=1S/C16H21N3O3S/c20-23(21,18-10-2-6-14(18)13-5-1-9-17-13)19-11-3-7-15(19)16-8-4-12-22-16/h1,4-5,8-9,12,14-15,17H,2-3,6-7,10-11H2/t14-,15-/m1/s1. The van der Waals surface area contributed by atoms with Gasteiger partial charge in [0.2, 0.25) is 0 Å². The predicted molar refractivity (Wildman–Crippen MR) is 85.8 cm³/mol. The molecule has 0 aliphatic carbocycles. The molecule has 2 saturated heterocycles.